The van der Waals surface area contributed by atoms with Gasteiger partial charge in [0, 0.05) is 29.9 Å². The lowest BCUT2D eigenvalue weighted by Gasteiger charge is -2.27. The molecule has 1 aromatic carbocycles. The zero-order valence-corrected chi connectivity index (χ0v) is 12.4. The molecule has 1 fully saturated rings. The molecule has 1 atom stereocenters. The normalized spacial score (nSPS) is 18.3. The fourth-order valence-electron chi connectivity index (χ4n) is 3.04. The second kappa shape index (κ2) is 6.37. The van der Waals surface area contributed by atoms with Crippen LogP contribution in [-0.2, 0) is 0 Å². The van der Waals surface area contributed by atoms with Gasteiger partial charge in [0.1, 0.15) is 0 Å². The van der Waals surface area contributed by atoms with E-state index in [1.54, 1.807) is 0 Å². The molecule has 21 heavy (non-hydrogen) atoms. The molecule has 1 saturated heterocycles. The molecular formula is C16H22N4O. The number of aryl methyl sites for hydroxylation is 1. The van der Waals surface area contributed by atoms with E-state index < -0.39 is 0 Å². The minimum absolute atomic E-state index is 0.122. The summed E-state index contributed by atoms with van der Waals surface area (Å²) in [5.41, 5.74) is 0.942. The molecular weight excluding hydrogens is 264 g/mol. The number of nitrogens with one attached hydrogen (secondary N) is 1. The Balaban J connectivity index is 1.96. The molecule has 0 radical (unpaired) electrons. The van der Waals surface area contributed by atoms with Gasteiger partial charge in [0.25, 0.3) is 0 Å². The van der Waals surface area contributed by atoms with E-state index in [1.807, 2.05) is 19.1 Å². The van der Waals surface area contributed by atoms with Crippen LogP contribution >= 0.6 is 0 Å². The molecule has 1 aromatic heterocycles. The topological polar surface area (TPSA) is 61.3 Å². The summed E-state index contributed by atoms with van der Waals surface area (Å²) in [5, 5.41) is 23.8. The Labute approximate surface area is 125 Å². The second-order valence-corrected chi connectivity index (χ2v) is 5.62. The molecule has 112 valence electrons. The van der Waals surface area contributed by atoms with Gasteiger partial charge in [-0.15, -0.1) is 5.10 Å². The molecule has 1 unspecified atom stereocenters. The molecule has 5 nitrogen and oxygen atoms in total. The van der Waals surface area contributed by atoms with Gasteiger partial charge in [-0.05, 0) is 26.3 Å². The lowest BCUT2D eigenvalue weighted by Crippen LogP contribution is -2.39. The summed E-state index contributed by atoms with van der Waals surface area (Å²) in [4.78, 5) is 2.15. The summed E-state index contributed by atoms with van der Waals surface area (Å²) in [6.07, 6.45) is 2.40. The third-order valence-corrected chi connectivity index (χ3v) is 4.13. The molecule has 0 amide bonds. The van der Waals surface area contributed by atoms with E-state index in [0.717, 1.165) is 35.4 Å². The summed E-state index contributed by atoms with van der Waals surface area (Å²) in [6.45, 7) is 4.63. The number of aliphatic hydroxyl groups excluding tert-OH is 1. The van der Waals surface area contributed by atoms with Crippen molar-refractivity contribution in [2.75, 3.05) is 31.1 Å². The smallest absolute Gasteiger partial charge is 0.159 e. The Morgan fingerprint density at radius 3 is 2.81 bits per heavy atom. The monoisotopic (exact) mass is 286 g/mol. The van der Waals surface area contributed by atoms with E-state index in [0.29, 0.717) is 12.6 Å². The van der Waals surface area contributed by atoms with Crippen LogP contribution in [0.2, 0.25) is 0 Å². The number of hydrogen-bond donors (Lipinski definition) is 2. The van der Waals surface area contributed by atoms with Crippen LogP contribution in [0, 0.1) is 6.92 Å². The van der Waals surface area contributed by atoms with Crippen molar-refractivity contribution in [2.45, 2.75) is 25.8 Å². The molecule has 1 aliphatic rings. The van der Waals surface area contributed by atoms with Crippen LogP contribution in [0.1, 0.15) is 18.5 Å². The van der Waals surface area contributed by atoms with Crippen molar-refractivity contribution in [1.29, 1.82) is 0 Å². The number of nitrogens with zero attached hydrogens (tertiary/aromatic N) is 3. The van der Waals surface area contributed by atoms with Crippen LogP contribution in [-0.4, -0.2) is 47.6 Å². The molecule has 0 aliphatic carbocycles. The number of hydrogen-bond acceptors (Lipinski definition) is 5. The van der Waals surface area contributed by atoms with Crippen LogP contribution in [0.4, 0.5) is 5.82 Å². The third-order valence-electron chi connectivity index (χ3n) is 4.13. The highest BCUT2D eigenvalue weighted by Crippen LogP contribution is 2.26. The van der Waals surface area contributed by atoms with Gasteiger partial charge >= 0.3 is 0 Å². The summed E-state index contributed by atoms with van der Waals surface area (Å²) < 4.78 is 0. The fourth-order valence-corrected chi connectivity index (χ4v) is 3.04. The Hall–Kier alpha value is -1.72. The van der Waals surface area contributed by atoms with E-state index in [2.05, 4.69) is 32.5 Å². The number of rotatable bonds is 5. The number of benzene rings is 1. The van der Waals surface area contributed by atoms with Crippen molar-refractivity contribution >= 4 is 16.6 Å². The Morgan fingerprint density at radius 1 is 1.29 bits per heavy atom. The van der Waals surface area contributed by atoms with E-state index in [9.17, 15) is 5.11 Å². The number of anilines is 1. The minimum Gasteiger partial charge on any atom is -0.395 e. The number of aliphatic hydroxyl groups is 1. The second-order valence-electron chi connectivity index (χ2n) is 5.62. The first-order valence-corrected chi connectivity index (χ1v) is 7.61. The van der Waals surface area contributed by atoms with Gasteiger partial charge in [0.2, 0.25) is 0 Å². The molecule has 0 bridgehead atoms. The summed E-state index contributed by atoms with van der Waals surface area (Å²) >= 11 is 0. The Morgan fingerprint density at radius 2 is 2.10 bits per heavy atom. The molecule has 2 N–H and O–H groups in total. The summed E-state index contributed by atoms with van der Waals surface area (Å²) in [7, 11) is 0. The Bertz CT molecular complexity index is 610. The molecule has 2 aromatic rings. The van der Waals surface area contributed by atoms with Gasteiger partial charge in [-0.1, -0.05) is 24.3 Å². The molecule has 2 heterocycles. The molecule has 1 aliphatic heterocycles. The quantitative estimate of drug-likeness (QED) is 0.872. The lowest BCUT2D eigenvalue weighted by atomic mass is 10.1. The zero-order valence-electron chi connectivity index (χ0n) is 12.4. The highest BCUT2D eigenvalue weighted by molar-refractivity contribution is 5.93. The fraction of sp³-hybridized carbons (Fsp3) is 0.500. The van der Waals surface area contributed by atoms with Gasteiger partial charge in [0.15, 0.2) is 5.82 Å². The van der Waals surface area contributed by atoms with E-state index in [-0.39, 0.29) is 6.61 Å². The van der Waals surface area contributed by atoms with E-state index in [1.165, 1.54) is 12.8 Å². The molecule has 3 rings (SSSR count). The third kappa shape index (κ3) is 2.99. The molecule has 0 saturated carbocycles. The predicted molar refractivity (Wildman–Crippen MR) is 84.6 cm³/mol. The average molecular weight is 286 g/mol. The van der Waals surface area contributed by atoms with Crippen molar-refractivity contribution in [3.63, 3.8) is 0 Å². The summed E-state index contributed by atoms with van der Waals surface area (Å²) in [6, 6.07) is 8.68. The molecule has 5 heteroatoms. The summed E-state index contributed by atoms with van der Waals surface area (Å²) in [5.74, 6) is 0.874. The maximum atomic E-state index is 9.39. The highest BCUT2D eigenvalue weighted by Gasteiger charge is 2.20. The first-order chi connectivity index (χ1) is 10.3. The average Bonchev–Trinajstić information content (AvgIpc) is 3.01. The SMILES string of the molecule is Cc1nnc(N(CCO)CC2CCCN2)c2ccccc12. The Kier molecular flexibility index (Phi) is 4.31. The number of aromatic nitrogens is 2. The maximum Gasteiger partial charge on any atom is 0.159 e. The van der Waals surface area contributed by atoms with Crippen LogP contribution in [0.15, 0.2) is 24.3 Å². The van der Waals surface area contributed by atoms with Gasteiger partial charge < -0.3 is 15.3 Å². The van der Waals surface area contributed by atoms with Crippen molar-refractivity contribution in [2.24, 2.45) is 0 Å². The zero-order chi connectivity index (χ0) is 14.7. The van der Waals surface area contributed by atoms with Crippen molar-refractivity contribution in [3.05, 3.63) is 30.0 Å². The van der Waals surface area contributed by atoms with E-state index in [4.69, 9.17) is 0 Å². The van der Waals surface area contributed by atoms with Crippen LogP contribution in [0.5, 0.6) is 0 Å². The van der Waals surface area contributed by atoms with Gasteiger partial charge in [-0.2, -0.15) is 5.10 Å². The van der Waals surface area contributed by atoms with Gasteiger partial charge in [0.05, 0.1) is 12.3 Å². The maximum absolute atomic E-state index is 9.39. The van der Waals surface area contributed by atoms with Crippen molar-refractivity contribution < 1.29 is 5.11 Å². The van der Waals surface area contributed by atoms with E-state index >= 15 is 0 Å². The lowest BCUT2D eigenvalue weighted by molar-refractivity contribution is 0.300. The van der Waals surface area contributed by atoms with Gasteiger partial charge in [-0.25, -0.2) is 0 Å². The minimum atomic E-state index is 0.122. The first-order valence-electron chi connectivity index (χ1n) is 7.61. The largest absolute Gasteiger partial charge is 0.395 e. The van der Waals surface area contributed by atoms with Crippen molar-refractivity contribution in [3.8, 4) is 0 Å². The predicted octanol–water partition coefficient (Wildman–Crippen LogP) is 1.49. The first kappa shape index (κ1) is 14.2. The van der Waals surface area contributed by atoms with Crippen LogP contribution < -0.4 is 10.2 Å². The number of fused-ring (bicyclic) bond motifs is 1. The molecule has 0 spiro atoms. The standard InChI is InChI=1S/C16H22N4O/c1-12-14-6-2-3-7-15(14)16(19-18-12)20(9-10-21)11-13-5-4-8-17-13/h2-3,6-7,13,17,21H,4-5,8-11H2,1H3. The van der Waals surface area contributed by atoms with Crippen molar-refractivity contribution in [1.82, 2.24) is 15.5 Å². The van der Waals surface area contributed by atoms with Gasteiger partial charge in [-0.3, -0.25) is 0 Å². The van der Waals surface area contributed by atoms with Crippen LogP contribution in [0.3, 0.4) is 0 Å². The van der Waals surface area contributed by atoms with Crippen LogP contribution in [0.25, 0.3) is 10.8 Å². The highest BCUT2D eigenvalue weighted by atomic mass is 16.3.